The molecular formula is C12H24N2O3. The molecule has 0 aliphatic carbocycles. The molecule has 0 bridgehead atoms. The van der Waals surface area contributed by atoms with E-state index < -0.39 is 6.09 Å². The monoisotopic (exact) mass is 244 g/mol. The van der Waals surface area contributed by atoms with Gasteiger partial charge >= 0.3 is 6.09 Å². The molecule has 1 saturated heterocycles. The van der Waals surface area contributed by atoms with Gasteiger partial charge in [-0.3, -0.25) is 0 Å². The molecule has 1 fully saturated rings. The Morgan fingerprint density at radius 2 is 2.24 bits per heavy atom. The van der Waals surface area contributed by atoms with Crippen molar-refractivity contribution in [3.8, 4) is 0 Å². The van der Waals surface area contributed by atoms with E-state index >= 15 is 0 Å². The van der Waals surface area contributed by atoms with Gasteiger partial charge in [0.15, 0.2) is 0 Å². The molecule has 0 aromatic heterocycles. The number of ether oxygens (including phenoxy) is 1. The zero-order valence-corrected chi connectivity index (χ0v) is 11.0. The van der Waals surface area contributed by atoms with Crippen molar-refractivity contribution in [1.29, 1.82) is 0 Å². The second kappa shape index (κ2) is 6.81. The predicted molar refractivity (Wildman–Crippen MR) is 65.8 cm³/mol. The Balaban J connectivity index is 2.56. The minimum atomic E-state index is -0.391. The first-order chi connectivity index (χ1) is 8.10. The number of rotatable bonds is 4. The summed E-state index contributed by atoms with van der Waals surface area (Å²) >= 11 is 0. The summed E-state index contributed by atoms with van der Waals surface area (Å²) in [6.45, 7) is 6.75. The third-order valence-electron chi connectivity index (χ3n) is 3.48. The van der Waals surface area contributed by atoms with E-state index in [2.05, 4.69) is 21.9 Å². The van der Waals surface area contributed by atoms with Crippen LogP contribution in [0.15, 0.2) is 0 Å². The maximum absolute atomic E-state index is 11.2. The molecular weight excluding hydrogens is 220 g/mol. The number of amides is 1. The van der Waals surface area contributed by atoms with Gasteiger partial charge in [-0.25, -0.2) is 4.79 Å². The molecule has 17 heavy (non-hydrogen) atoms. The van der Waals surface area contributed by atoms with Crippen LogP contribution in [0.2, 0.25) is 0 Å². The van der Waals surface area contributed by atoms with Crippen molar-refractivity contribution < 1.29 is 14.6 Å². The van der Waals surface area contributed by atoms with E-state index in [-0.39, 0.29) is 18.1 Å². The van der Waals surface area contributed by atoms with Crippen molar-refractivity contribution in [1.82, 2.24) is 10.2 Å². The summed E-state index contributed by atoms with van der Waals surface area (Å²) < 4.78 is 4.61. The summed E-state index contributed by atoms with van der Waals surface area (Å²) in [6, 6.07) is 0.0716. The molecule has 0 radical (unpaired) electrons. The predicted octanol–water partition coefficient (Wildman–Crippen LogP) is 0.824. The van der Waals surface area contributed by atoms with E-state index in [1.165, 1.54) is 7.11 Å². The second-order valence-corrected chi connectivity index (χ2v) is 4.66. The number of nitrogens with zero attached hydrogens (tertiary/aromatic N) is 1. The Morgan fingerprint density at radius 3 is 2.76 bits per heavy atom. The molecule has 0 spiro atoms. The lowest BCUT2D eigenvalue weighted by atomic mass is 9.88. The van der Waals surface area contributed by atoms with Crippen LogP contribution in [0.3, 0.4) is 0 Å². The largest absolute Gasteiger partial charge is 0.453 e. The summed E-state index contributed by atoms with van der Waals surface area (Å²) in [5.41, 5.74) is 0. The van der Waals surface area contributed by atoms with Crippen LogP contribution in [-0.2, 0) is 4.74 Å². The fourth-order valence-corrected chi connectivity index (χ4v) is 2.43. The smallest absolute Gasteiger partial charge is 0.407 e. The number of hydrogen-bond acceptors (Lipinski definition) is 4. The van der Waals surface area contributed by atoms with Gasteiger partial charge in [-0.2, -0.15) is 0 Å². The Morgan fingerprint density at radius 1 is 1.53 bits per heavy atom. The van der Waals surface area contributed by atoms with E-state index in [0.717, 1.165) is 32.5 Å². The summed E-state index contributed by atoms with van der Waals surface area (Å²) in [5, 5.41) is 12.8. The van der Waals surface area contributed by atoms with E-state index in [4.69, 9.17) is 0 Å². The lowest BCUT2D eigenvalue weighted by Gasteiger charge is -2.39. The number of aliphatic hydroxyl groups excluding tert-OH is 1. The first-order valence-electron chi connectivity index (χ1n) is 6.35. The zero-order valence-electron chi connectivity index (χ0n) is 11.0. The number of aliphatic hydroxyl groups is 1. The highest BCUT2D eigenvalue weighted by Gasteiger charge is 2.31. The SMILES string of the molecule is CCC(O)C1CC(NC(=O)OC)CN(CC)C1. The average molecular weight is 244 g/mol. The Hall–Kier alpha value is -0.810. The van der Waals surface area contributed by atoms with Crippen molar-refractivity contribution in [2.24, 2.45) is 5.92 Å². The van der Waals surface area contributed by atoms with Crippen LogP contribution < -0.4 is 5.32 Å². The molecule has 1 aliphatic heterocycles. The van der Waals surface area contributed by atoms with Crippen LogP contribution in [0.1, 0.15) is 26.7 Å². The van der Waals surface area contributed by atoms with E-state index in [1.807, 2.05) is 6.92 Å². The standard InChI is InChI=1S/C12H24N2O3/c1-4-11(15)9-6-10(13-12(16)17-3)8-14(5-2)7-9/h9-11,15H,4-8H2,1-3H3,(H,13,16). The average Bonchev–Trinajstić information content (AvgIpc) is 2.36. The number of hydrogen-bond donors (Lipinski definition) is 2. The number of likely N-dealkylation sites (N-methyl/N-ethyl adjacent to an activating group) is 1. The van der Waals surface area contributed by atoms with Gasteiger partial charge in [0.2, 0.25) is 0 Å². The Labute approximate surface area is 103 Å². The van der Waals surface area contributed by atoms with Gasteiger partial charge in [0.05, 0.1) is 13.2 Å². The molecule has 0 aromatic carbocycles. The van der Waals surface area contributed by atoms with E-state index in [1.54, 1.807) is 0 Å². The molecule has 2 N–H and O–H groups in total. The third-order valence-corrected chi connectivity index (χ3v) is 3.48. The van der Waals surface area contributed by atoms with Crippen molar-refractivity contribution in [2.45, 2.75) is 38.8 Å². The summed E-state index contributed by atoms with van der Waals surface area (Å²) in [6.07, 6.45) is 0.900. The third kappa shape index (κ3) is 4.16. The molecule has 5 nitrogen and oxygen atoms in total. The number of nitrogens with one attached hydrogen (secondary N) is 1. The molecule has 3 unspecified atom stereocenters. The van der Waals surface area contributed by atoms with Gasteiger partial charge in [0.1, 0.15) is 0 Å². The molecule has 1 amide bonds. The highest BCUT2D eigenvalue weighted by molar-refractivity contribution is 5.67. The second-order valence-electron chi connectivity index (χ2n) is 4.66. The number of likely N-dealkylation sites (tertiary alicyclic amines) is 1. The lowest BCUT2D eigenvalue weighted by Crippen LogP contribution is -2.52. The molecule has 0 aromatic rings. The minimum Gasteiger partial charge on any atom is -0.453 e. The van der Waals surface area contributed by atoms with Crippen LogP contribution in [0.25, 0.3) is 0 Å². The fourth-order valence-electron chi connectivity index (χ4n) is 2.43. The maximum atomic E-state index is 11.2. The molecule has 3 atom stereocenters. The van der Waals surface area contributed by atoms with Gasteiger partial charge in [-0.05, 0) is 25.3 Å². The molecule has 1 heterocycles. The first kappa shape index (κ1) is 14.3. The normalized spacial score (nSPS) is 27.5. The number of alkyl carbamates (subject to hydrolysis) is 1. The minimum absolute atomic E-state index is 0.0716. The van der Waals surface area contributed by atoms with Crippen LogP contribution in [0, 0.1) is 5.92 Å². The maximum Gasteiger partial charge on any atom is 0.407 e. The lowest BCUT2D eigenvalue weighted by molar-refractivity contribution is 0.0370. The highest BCUT2D eigenvalue weighted by atomic mass is 16.5. The van der Waals surface area contributed by atoms with Gasteiger partial charge in [-0.1, -0.05) is 13.8 Å². The summed E-state index contributed by atoms with van der Waals surface area (Å²) in [7, 11) is 1.37. The fraction of sp³-hybridized carbons (Fsp3) is 0.917. The quantitative estimate of drug-likeness (QED) is 0.768. The van der Waals surface area contributed by atoms with Gasteiger partial charge in [0, 0.05) is 19.1 Å². The molecule has 1 aliphatic rings. The first-order valence-corrected chi connectivity index (χ1v) is 6.35. The molecule has 5 heteroatoms. The zero-order chi connectivity index (χ0) is 12.8. The van der Waals surface area contributed by atoms with Crippen LogP contribution >= 0.6 is 0 Å². The Bertz CT molecular complexity index is 248. The van der Waals surface area contributed by atoms with E-state index in [9.17, 15) is 9.90 Å². The van der Waals surface area contributed by atoms with Crippen molar-refractivity contribution in [3.63, 3.8) is 0 Å². The van der Waals surface area contributed by atoms with Crippen LogP contribution in [0.4, 0.5) is 4.79 Å². The van der Waals surface area contributed by atoms with Gasteiger partial charge in [-0.15, -0.1) is 0 Å². The Kier molecular flexibility index (Phi) is 5.71. The van der Waals surface area contributed by atoms with Crippen molar-refractivity contribution in [3.05, 3.63) is 0 Å². The number of carbonyl (C=O) groups excluding carboxylic acids is 1. The molecule has 0 saturated carbocycles. The topological polar surface area (TPSA) is 61.8 Å². The number of carbonyl (C=O) groups is 1. The molecule has 100 valence electrons. The van der Waals surface area contributed by atoms with Crippen molar-refractivity contribution in [2.75, 3.05) is 26.7 Å². The summed E-state index contributed by atoms with van der Waals surface area (Å²) in [4.78, 5) is 13.5. The van der Waals surface area contributed by atoms with Gasteiger partial charge in [0.25, 0.3) is 0 Å². The molecule has 1 rings (SSSR count). The van der Waals surface area contributed by atoms with E-state index in [0.29, 0.717) is 0 Å². The highest BCUT2D eigenvalue weighted by Crippen LogP contribution is 2.21. The van der Waals surface area contributed by atoms with Crippen LogP contribution in [0.5, 0.6) is 0 Å². The van der Waals surface area contributed by atoms with Crippen molar-refractivity contribution >= 4 is 6.09 Å². The summed E-state index contributed by atoms with van der Waals surface area (Å²) in [5.74, 6) is 0.232. The number of methoxy groups -OCH3 is 1. The van der Waals surface area contributed by atoms with Crippen LogP contribution in [-0.4, -0.2) is 55.0 Å². The number of piperidine rings is 1. The van der Waals surface area contributed by atoms with Gasteiger partial charge < -0.3 is 20.1 Å².